The highest BCUT2D eigenvalue weighted by Gasteiger charge is 2.28. The number of morpholine rings is 1. The molecule has 3 aromatic carbocycles. The highest BCUT2D eigenvalue weighted by molar-refractivity contribution is 6.33. The topological polar surface area (TPSA) is 73.6 Å². The molecule has 0 amide bonds. The lowest BCUT2D eigenvalue weighted by molar-refractivity contribution is -0.131. The van der Waals surface area contributed by atoms with Gasteiger partial charge in [-0.15, -0.1) is 0 Å². The van der Waals surface area contributed by atoms with Crippen molar-refractivity contribution in [3.63, 3.8) is 0 Å². The zero-order valence-electron chi connectivity index (χ0n) is 21.1. The number of carboxylic acids is 1. The minimum absolute atomic E-state index is 0.362. The van der Waals surface area contributed by atoms with Crippen molar-refractivity contribution in [1.29, 1.82) is 5.26 Å². The Balaban J connectivity index is 1.65. The normalized spacial score (nSPS) is 16.6. The molecule has 192 valence electrons. The van der Waals surface area contributed by atoms with Gasteiger partial charge in [-0.05, 0) is 82.5 Å². The third-order valence-electron chi connectivity index (χ3n) is 7.32. The number of allylic oxidation sites excluding steroid dienone is 1. The number of aliphatic carboxylic acids is 1. The fraction of sp³-hybridized carbons (Fsp3) is 0.250. The van der Waals surface area contributed by atoms with E-state index in [-0.39, 0.29) is 0 Å². The third kappa shape index (κ3) is 5.67. The lowest BCUT2D eigenvalue weighted by Crippen LogP contribution is -2.36. The number of benzene rings is 3. The molecule has 0 atom stereocenters. The highest BCUT2D eigenvalue weighted by Crippen LogP contribution is 2.47. The van der Waals surface area contributed by atoms with Gasteiger partial charge in [0.25, 0.3) is 0 Å². The lowest BCUT2D eigenvalue weighted by atomic mass is 9.73. The number of rotatable bonds is 7. The minimum Gasteiger partial charge on any atom is -0.478 e. The largest absolute Gasteiger partial charge is 0.478 e. The number of ether oxygens (including phenoxy) is 1. The molecule has 1 aliphatic carbocycles. The maximum atomic E-state index is 11.0. The third-order valence-corrected chi connectivity index (χ3v) is 7.63. The molecule has 5 nitrogen and oxygen atoms in total. The second-order valence-corrected chi connectivity index (χ2v) is 10.1. The zero-order valence-corrected chi connectivity index (χ0v) is 21.8. The van der Waals surface area contributed by atoms with E-state index >= 15 is 0 Å². The van der Waals surface area contributed by atoms with Gasteiger partial charge >= 0.3 is 5.97 Å². The second-order valence-electron chi connectivity index (χ2n) is 9.66. The van der Waals surface area contributed by atoms with Crippen LogP contribution >= 0.6 is 11.6 Å². The van der Waals surface area contributed by atoms with Crippen molar-refractivity contribution in [3.05, 3.63) is 106 Å². The molecule has 0 radical (unpaired) electrons. The van der Waals surface area contributed by atoms with Crippen molar-refractivity contribution in [2.75, 3.05) is 31.2 Å². The molecular formula is C32H29ClN2O3. The molecular weight excluding hydrogens is 496 g/mol. The van der Waals surface area contributed by atoms with Crippen LogP contribution in [0.25, 0.3) is 17.2 Å². The molecule has 0 spiro atoms. The molecule has 1 aliphatic heterocycles. The van der Waals surface area contributed by atoms with Crippen LogP contribution in [0, 0.1) is 17.2 Å². The molecule has 0 aromatic heterocycles. The Morgan fingerprint density at radius 1 is 1.00 bits per heavy atom. The van der Waals surface area contributed by atoms with Gasteiger partial charge in [-0.2, -0.15) is 5.26 Å². The van der Waals surface area contributed by atoms with E-state index in [0.717, 1.165) is 73.0 Å². The van der Waals surface area contributed by atoms with Crippen LogP contribution in [0.3, 0.4) is 0 Å². The van der Waals surface area contributed by atoms with Crippen molar-refractivity contribution in [1.82, 2.24) is 0 Å². The summed E-state index contributed by atoms with van der Waals surface area (Å²) in [6.45, 7) is 3.22. The Morgan fingerprint density at radius 3 is 2.21 bits per heavy atom. The summed E-state index contributed by atoms with van der Waals surface area (Å²) in [7, 11) is 0. The van der Waals surface area contributed by atoms with Crippen LogP contribution in [-0.4, -0.2) is 37.4 Å². The molecule has 0 bridgehead atoms. The number of halogens is 1. The highest BCUT2D eigenvalue weighted by atomic mass is 35.5. The fourth-order valence-corrected chi connectivity index (χ4v) is 5.41. The molecule has 2 aliphatic rings. The Kier molecular flexibility index (Phi) is 7.93. The summed E-state index contributed by atoms with van der Waals surface area (Å²) in [4.78, 5) is 13.3. The first-order chi connectivity index (χ1) is 18.5. The van der Waals surface area contributed by atoms with E-state index in [1.165, 1.54) is 17.7 Å². The van der Waals surface area contributed by atoms with E-state index < -0.39 is 5.97 Å². The molecule has 2 fully saturated rings. The van der Waals surface area contributed by atoms with Crippen LogP contribution in [0.15, 0.2) is 72.8 Å². The minimum atomic E-state index is -0.974. The van der Waals surface area contributed by atoms with E-state index in [2.05, 4.69) is 35.2 Å². The monoisotopic (exact) mass is 524 g/mol. The maximum absolute atomic E-state index is 11.0. The number of nitrogens with zero attached hydrogens (tertiary/aromatic N) is 2. The molecule has 3 aromatic rings. The predicted octanol–water partition coefficient (Wildman–Crippen LogP) is 6.91. The van der Waals surface area contributed by atoms with Crippen LogP contribution in [-0.2, 0) is 9.53 Å². The second kappa shape index (κ2) is 11.7. The van der Waals surface area contributed by atoms with Crippen LogP contribution in [0.1, 0.15) is 47.1 Å². The molecule has 38 heavy (non-hydrogen) atoms. The van der Waals surface area contributed by atoms with E-state index in [1.54, 1.807) is 12.1 Å². The fourth-order valence-electron chi connectivity index (χ4n) is 5.13. The average Bonchev–Trinajstić information content (AvgIpc) is 2.92. The van der Waals surface area contributed by atoms with Crippen LogP contribution in [0.2, 0.25) is 5.02 Å². The number of carbonyl (C=O) groups is 1. The summed E-state index contributed by atoms with van der Waals surface area (Å²) in [6, 6.07) is 24.4. The molecule has 1 saturated carbocycles. The van der Waals surface area contributed by atoms with Gasteiger partial charge in [-0.1, -0.05) is 60.5 Å². The molecule has 1 saturated heterocycles. The summed E-state index contributed by atoms with van der Waals surface area (Å²) in [6.07, 6.45) is 6.08. The molecule has 5 rings (SSSR count). The van der Waals surface area contributed by atoms with Gasteiger partial charge in [0.05, 0.1) is 24.8 Å². The van der Waals surface area contributed by atoms with Gasteiger partial charge in [0.2, 0.25) is 0 Å². The van der Waals surface area contributed by atoms with Crippen LogP contribution in [0.5, 0.6) is 0 Å². The van der Waals surface area contributed by atoms with Gasteiger partial charge in [0.15, 0.2) is 0 Å². The van der Waals surface area contributed by atoms with Crippen molar-refractivity contribution >= 4 is 40.5 Å². The summed E-state index contributed by atoms with van der Waals surface area (Å²) in [5, 5.41) is 19.0. The first-order valence-electron chi connectivity index (χ1n) is 12.9. The van der Waals surface area contributed by atoms with Crippen molar-refractivity contribution in [2.45, 2.75) is 19.3 Å². The number of carboxylic acid groups (broad SMARTS) is 1. The summed E-state index contributed by atoms with van der Waals surface area (Å²) in [5.74, 6) is -0.612. The van der Waals surface area contributed by atoms with Crippen molar-refractivity contribution in [3.8, 4) is 6.07 Å². The number of hydrogen-bond donors (Lipinski definition) is 1. The average molecular weight is 525 g/mol. The number of anilines is 1. The predicted molar refractivity (Wildman–Crippen MR) is 152 cm³/mol. The summed E-state index contributed by atoms with van der Waals surface area (Å²) in [5.41, 5.74) is 7.93. The smallest absolute Gasteiger partial charge is 0.328 e. The van der Waals surface area contributed by atoms with Crippen molar-refractivity contribution in [2.24, 2.45) is 5.92 Å². The van der Waals surface area contributed by atoms with Gasteiger partial charge < -0.3 is 14.7 Å². The quantitative estimate of drug-likeness (QED) is 0.268. The van der Waals surface area contributed by atoms with Gasteiger partial charge in [-0.25, -0.2) is 4.79 Å². The molecule has 1 N–H and O–H groups in total. The first kappa shape index (κ1) is 25.8. The molecule has 6 heteroatoms. The van der Waals surface area contributed by atoms with E-state index in [1.807, 2.05) is 36.4 Å². The van der Waals surface area contributed by atoms with E-state index in [0.29, 0.717) is 16.5 Å². The number of nitriles is 1. The number of hydrogen-bond acceptors (Lipinski definition) is 4. The summed E-state index contributed by atoms with van der Waals surface area (Å²) >= 11 is 6.80. The zero-order chi connectivity index (χ0) is 26.5. The van der Waals surface area contributed by atoms with Crippen LogP contribution in [0.4, 0.5) is 5.69 Å². The van der Waals surface area contributed by atoms with Gasteiger partial charge in [0.1, 0.15) is 0 Å². The van der Waals surface area contributed by atoms with E-state index in [4.69, 9.17) is 21.4 Å². The molecule has 1 heterocycles. The Bertz CT molecular complexity index is 1410. The Hall–Kier alpha value is -3.85. The first-order valence-corrected chi connectivity index (χ1v) is 13.3. The van der Waals surface area contributed by atoms with Crippen molar-refractivity contribution < 1.29 is 14.6 Å². The lowest BCUT2D eigenvalue weighted by Gasteiger charge is -2.32. The van der Waals surface area contributed by atoms with E-state index in [9.17, 15) is 10.1 Å². The summed E-state index contributed by atoms with van der Waals surface area (Å²) < 4.78 is 5.52. The SMILES string of the molecule is N#Cc1ccc(C(=C(c2ccc(C=CC(=O)O)cc2)c2ccc(N3CCOCC3)cc2)C2CCC2)c(Cl)c1. The standard InChI is InChI=1S/C32H29ClN2O3/c33-29-20-23(21-34)6-14-28(29)32(24-2-1-3-24)31(25-8-4-22(5-9-25)7-15-30(36)37)26-10-12-27(13-11-26)35-16-18-38-19-17-35/h4-15,20,24H,1-3,16-19H2,(H,36,37). The van der Waals surface area contributed by atoms with Gasteiger partial charge in [-0.3, -0.25) is 0 Å². The molecule has 0 unspecified atom stereocenters. The van der Waals surface area contributed by atoms with Gasteiger partial charge in [0, 0.05) is 29.9 Å². The maximum Gasteiger partial charge on any atom is 0.328 e. The van der Waals surface area contributed by atoms with Crippen LogP contribution < -0.4 is 4.90 Å². The Morgan fingerprint density at radius 2 is 1.66 bits per heavy atom. The Labute approximate surface area is 228 Å².